The van der Waals surface area contributed by atoms with Crippen molar-refractivity contribution in [1.82, 2.24) is 16.0 Å². The van der Waals surface area contributed by atoms with E-state index in [1.165, 1.54) is 0 Å². The van der Waals surface area contributed by atoms with Crippen LogP contribution in [-0.4, -0.2) is 31.2 Å². The zero-order valence-corrected chi connectivity index (χ0v) is 8.44. The van der Waals surface area contributed by atoms with Crippen LogP contribution in [0.25, 0.3) is 0 Å². The highest BCUT2D eigenvalue weighted by Crippen LogP contribution is 2.20. The van der Waals surface area contributed by atoms with Crippen LogP contribution in [0.15, 0.2) is 0 Å². The fourth-order valence-electron chi connectivity index (χ4n) is 1.80. The molecule has 2 fully saturated rings. The first-order valence-electron chi connectivity index (χ1n) is 5.08. The van der Waals surface area contributed by atoms with Crippen LogP contribution in [0.1, 0.15) is 26.7 Å². The molecule has 3 N–H and O–H groups in total. The first kappa shape index (κ1) is 10.5. The van der Waals surface area contributed by atoms with Crippen LogP contribution in [0, 0.1) is 0 Å². The van der Waals surface area contributed by atoms with Gasteiger partial charge in [-0.25, -0.2) is 0 Å². The molecule has 4 heteroatoms. The van der Waals surface area contributed by atoms with Gasteiger partial charge in [0.25, 0.3) is 0 Å². The molecule has 2 aliphatic rings. The molecular weight excluding hydrogens is 166 g/mol. The van der Waals surface area contributed by atoms with Gasteiger partial charge < -0.3 is 10.6 Å². The van der Waals surface area contributed by atoms with E-state index >= 15 is 0 Å². The monoisotopic (exact) mass is 185 g/mol. The standard InChI is InChI=1S/C7H13N3O.C2H6/c11-6-7(10-5-9-6)1-3-8-4-2-7;1-2/h8,10H,1-5H2,(H,9,11);1-2H3. The molecule has 0 saturated carbocycles. The third-order valence-corrected chi connectivity index (χ3v) is 2.57. The highest BCUT2D eigenvalue weighted by Gasteiger charge is 2.42. The van der Waals surface area contributed by atoms with Crippen molar-refractivity contribution >= 4 is 5.91 Å². The second-order valence-corrected chi connectivity index (χ2v) is 3.19. The molecule has 0 aromatic carbocycles. The summed E-state index contributed by atoms with van der Waals surface area (Å²) in [6, 6.07) is 0. The van der Waals surface area contributed by atoms with Gasteiger partial charge in [0.05, 0.1) is 6.67 Å². The third-order valence-electron chi connectivity index (χ3n) is 2.57. The van der Waals surface area contributed by atoms with Gasteiger partial charge >= 0.3 is 0 Å². The lowest BCUT2D eigenvalue weighted by Crippen LogP contribution is -2.53. The summed E-state index contributed by atoms with van der Waals surface area (Å²) < 4.78 is 0. The first-order valence-corrected chi connectivity index (χ1v) is 5.08. The number of piperidine rings is 1. The van der Waals surface area contributed by atoms with E-state index in [4.69, 9.17) is 0 Å². The number of nitrogens with one attached hydrogen (secondary N) is 3. The van der Waals surface area contributed by atoms with Crippen LogP contribution >= 0.6 is 0 Å². The molecule has 76 valence electrons. The predicted molar refractivity (Wildman–Crippen MR) is 52.3 cm³/mol. The molecule has 0 radical (unpaired) electrons. The summed E-state index contributed by atoms with van der Waals surface area (Å²) >= 11 is 0. The van der Waals surface area contributed by atoms with Crippen LogP contribution in [0.4, 0.5) is 0 Å². The zero-order valence-electron chi connectivity index (χ0n) is 8.44. The van der Waals surface area contributed by atoms with Crippen molar-refractivity contribution in [3.8, 4) is 0 Å². The molecule has 0 bridgehead atoms. The van der Waals surface area contributed by atoms with Gasteiger partial charge in [-0.05, 0) is 25.9 Å². The molecule has 0 aliphatic carbocycles. The lowest BCUT2D eigenvalue weighted by molar-refractivity contribution is -0.124. The van der Waals surface area contributed by atoms with Crippen LogP contribution in [-0.2, 0) is 4.79 Å². The van der Waals surface area contributed by atoms with E-state index in [9.17, 15) is 4.79 Å². The van der Waals surface area contributed by atoms with Gasteiger partial charge in [-0.15, -0.1) is 0 Å². The van der Waals surface area contributed by atoms with Gasteiger partial charge in [0.15, 0.2) is 0 Å². The molecule has 13 heavy (non-hydrogen) atoms. The van der Waals surface area contributed by atoms with Crippen molar-refractivity contribution in [1.29, 1.82) is 0 Å². The van der Waals surface area contributed by atoms with E-state index in [-0.39, 0.29) is 11.4 Å². The van der Waals surface area contributed by atoms with E-state index in [0.29, 0.717) is 6.67 Å². The lowest BCUT2D eigenvalue weighted by atomic mass is 9.89. The van der Waals surface area contributed by atoms with Crippen molar-refractivity contribution < 1.29 is 4.79 Å². The largest absolute Gasteiger partial charge is 0.342 e. The molecule has 2 aliphatic heterocycles. The van der Waals surface area contributed by atoms with Gasteiger partial charge in [0.2, 0.25) is 5.91 Å². The minimum atomic E-state index is -0.231. The third kappa shape index (κ3) is 2.00. The smallest absolute Gasteiger partial charge is 0.241 e. The first-order chi connectivity index (χ1) is 6.33. The number of amides is 1. The Balaban J connectivity index is 0.000000396. The molecule has 0 unspecified atom stereocenters. The van der Waals surface area contributed by atoms with E-state index in [1.807, 2.05) is 13.8 Å². The SMILES string of the molecule is CC.O=C1NCNC12CCNCC2. The molecule has 1 spiro atoms. The molecule has 0 aromatic rings. The van der Waals surface area contributed by atoms with Gasteiger partial charge in [-0.3, -0.25) is 10.1 Å². The maximum atomic E-state index is 11.3. The topological polar surface area (TPSA) is 53.2 Å². The Kier molecular flexibility index (Phi) is 3.69. The normalized spacial score (nSPS) is 24.9. The Morgan fingerprint density at radius 3 is 2.31 bits per heavy atom. The summed E-state index contributed by atoms with van der Waals surface area (Å²) in [7, 11) is 0. The second-order valence-electron chi connectivity index (χ2n) is 3.19. The Bertz CT molecular complexity index is 176. The van der Waals surface area contributed by atoms with Gasteiger partial charge in [0.1, 0.15) is 5.54 Å². The van der Waals surface area contributed by atoms with Crippen LogP contribution < -0.4 is 16.0 Å². The Hall–Kier alpha value is -0.610. The van der Waals surface area contributed by atoms with Crippen molar-refractivity contribution in [3.05, 3.63) is 0 Å². The van der Waals surface area contributed by atoms with Gasteiger partial charge in [-0.2, -0.15) is 0 Å². The Labute approximate surface area is 79.5 Å². The number of hydrogen-bond donors (Lipinski definition) is 3. The summed E-state index contributed by atoms with van der Waals surface area (Å²) in [4.78, 5) is 11.3. The summed E-state index contributed by atoms with van der Waals surface area (Å²) in [5.41, 5.74) is -0.231. The number of hydrogen-bond acceptors (Lipinski definition) is 3. The minimum absolute atomic E-state index is 0.180. The molecule has 2 rings (SSSR count). The molecule has 0 atom stereocenters. The Morgan fingerprint density at radius 2 is 1.85 bits per heavy atom. The van der Waals surface area contributed by atoms with E-state index < -0.39 is 0 Å². The van der Waals surface area contributed by atoms with Crippen molar-refractivity contribution in [3.63, 3.8) is 0 Å². The maximum Gasteiger partial charge on any atom is 0.241 e. The summed E-state index contributed by atoms with van der Waals surface area (Å²) in [6.45, 7) is 6.53. The molecule has 2 heterocycles. The fourth-order valence-corrected chi connectivity index (χ4v) is 1.80. The number of carbonyl (C=O) groups excluding carboxylic acids is 1. The molecule has 0 aromatic heterocycles. The predicted octanol–water partition coefficient (Wildman–Crippen LogP) is -0.188. The average Bonchev–Trinajstić information content (AvgIpc) is 2.53. The van der Waals surface area contributed by atoms with E-state index in [0.717, 1.165) is 25.9 Å². The minimum Gasteiger partial charge on any atom is -0.342 e. The number of rotatable bonds is 0. The quantitative estimate of drug-likeness (QED) is 0.490. The van der Waals surface area contributed by atoms with Crippen molar-refractivity contribution in [2.45, 2.75) is 32.2 Å². The van der Waals surface area contributed by atoms with E-state index in [1.54, 1.807) is 0 Å². The average molecular weight is 185 g/mol. The Morgan fingerprint density at radius 1 is 1.23 bits per heavy atom. The van der Waals surface area contributed by atoms with Crippen LogP contribution in [0.2, 0.25) is 0 Å². The highest BCUT2D eigenvalue weighted by molar-refractivity contribution is 5.88. The molecular formula is C9H19N3O. The zero-order chi connectivity index (χ0) is 9.73. The van der Waals surface area contributed by atoms with Gasteiger partial charge in [-0.1, -0.05) is 13.8 Å². The van der Waals surface area contributed by atoms with Crippen molar-refractivity contribution in [2.24, 2.45) is 0 Å². The van der Waals surface area contributed by atoms with E-state index in [2.05, 4.69) is 16.0 Å². The van der Waals surface area contributed by atoms with Crippen molar-refractivity contribution in [2.75, 3.05) is 19.8 Å². The fraction of sp³-hybridized carbons (Fsp3) is 0.889. The maximum absolute atomic E-state index is 11.3. The molecule has 1 amide bonds. The van der Waals surface area contributed by atoms with Crippen LogP contribution in [0.5, 0.6) is 0 Å². The summed E-state index contributed by atoms with van der Waals surface area (Å²) in [5, 5.41) is 9.26. The molecule has 4 nitrogen and oxygen atoms in total. The summed E-state index contributed by atoms with van der Waals surface area (Å²) in [5.74, 6) is 0.180. The lowest BCUT2D eigenvalue weighted by Gasteiger charge is -2.30. The molecule has 2 saturated heterocycles. The van der Waals surface area contributed by atoms with Crippen LogP contribution in [0.3, 0.4) is 0 Å². The van der Waals surface area contributed by atoms with Gasteiger partial charge in [0, 0.05) is 0 Å². The second kappa shape index (κ2) is 4.58. The highest BCUT2D eigenvalue weighted by atomic mass is 16.2. The number of carbonyl (C=O) groups is 1. The summed E-state index contributed by atoms with van der Waals surface area (Å²) in [6.07, 6.45) is 1.83.